The minimum atomic E-state index is -1.43. The molecule has 7 heteroatoms. The van der Waals surface area contributed by atoms with Gasteiger partial charge in [0, 0.05) is 6.07 Å². The SMILES string of the molecule is NC(CCl)=Nc1cc(F)c(F)cc1C(=O)O. The maximum atomic E-state index is 12.9. The summed E-state index contributed by atoms with van der Waals surface area (Å²) in [5, 5.41) is 8.73. The molecule has 0 aromatic heterocycles. The molecule has 0 amide bonds. The highest BCUT2D eigenvalue weighted by atomic mass is 35.5. The first-order valence-corrected chi connectivity index (χ1v) is 4.60. The van der Waals surface area contributed by atoms with Crippen LogP contribution >= 0.6 is 11.6 Å². The van der Waals surface area contributed by atoms with Crippen LogP contribution in [0.15, 0.2) is 17.1 Å². The lowest BCUT2D eigenvalue weighted by atomic mass is 10.1. The van der Waals surface area contributed by atoms with Crippen molar-refractivity contribution in [3.8, 4) is 0 Å². The van der Waals surface area contributed by atoms with Gasteiger partial charge < -0.3 is 10.8 Å². The molecule has 0 aliphatic carbocycles. The third kappa shape index (κ3) is 2.66. The summed E-state index contributed by atoms with van der Waals surface area (Å²) in [6, 6.07) is 1.19. The van der Waals surface area contributed by atoms with Crippen molar-refractivity contribution >= 4 is 29.1 Å². The number of nitrogens with zero attached hydrogens (tertiary/aromatic N) is 1. The van der Waals surface area contributed by atoms with Crippen molar-refractivity contribution in [1.82, 2.24) is 0 Å². The molecule has 0 aliphatic rings. The Morgan fingerprint density at radius 2 is 2.00 bits per heavy atom. The summed E-state index contributed by atoms with van der Waals surface area (Å²) >= 11 is 5.33. The summed E-state index contributed by atoms with van der Waals surface area (Å²) in [5.74, 6) is -4.12. The second-order valence-electron chi connectivity index (χ2n) is 2.83. The van der Waals surface area contributed by atoms with Gasteiger partial charge in [-0.25, -0.2) is 18.6 Å². The fourth-order valence-corrected chi connectivity index (χ4v) is 1.04. The predicted octanol–water partition coefficient (Wildman–Crippen LogP) is 1.89. The first-order valence-electron chi connectivity index (χ1n) is 4.07. The van der Waals surface area contributed by atoms with Crippen LogP contribution in [0.1, 0.15) is 10.4 Å². The van der Waals surface area contributed by atoms with E-state index in [1.807, 2.05) is 0 Å². The Morgan fingerprint density at radius 1 is 1.44 bits per heavy atom. The van der Waals surface area contributed by atoms with Crippen LogP contribution in [0, 0.1) is 11.6 Å². The van der Waals surface area contributed by atoms with Crippen molar-refractivity contribution in [2.45, 2.75) is 0 Å². The van der Waals surface area contributed by atoms with E-state index in [1.165, 1.54) is 0 Å². The van der Waals surface area contributed by atoms with E-state index >= 15 is 0 Å². The molecule has 0 unspecified atom stereocenters. The summed E-state index contributed by atoms with van der Waals surface area (Å²) in [7, 11) is 0. The quantitative estimate of drug-likeness (QED) is 0.487. The van der Waals surface area contributed by atoms with Crippen LogP contribution < -0.4 is 5.73 Å². The molecule has 3 N–H and O–H groups in total. The topological polar surface area (TPSA) is 75.7 Å². The summed E-state index contributed by atoms with van der Waals surface area (Å²) in [6.45, 7) is 0. The van der Waals surface area contributed by atoms with Crippen LogP contribution in [-0.2, 0) is 0 Å². The van der Waals surface area contributed by atoms with Crippen LogP contribution in [0.5, 0.6) is 0 Å². The Labute approximate surface area is 94.4 Å². The van der Waals surface area contributed by atoms with Crippen molar-refractivity contribution in [3.05, 3.63) is 29.3 Å². The summed E-state index contributed by atoms with van der Waals surface area (Å²) in [6.07, 6.45) is 0. The largest absolute Gasteiger partial charge is 0.478 e. The Bertz CT molecular complexity index is 463. The summed E-state index contributed by atoms with van der Waals surface area (Å²) in [4.78, 5) is 14.3. The van der Waals surface area contributed by atoms with Gasteiger partial charge in [-0.2, -0.15) is 0 Å². The first kappa shape index (κ1) is 12.4. The van der Waals surface area contributed by atoms with Crippen LogP contribution in [-0.4, -0.2) is 22.8 Å². The molecule has 1 aromatic carbocycles. The first-order chi connectivity index (χ1) is 7.45. The van der Waals surface area contributed by atoms with Gasteiger partial charge in [0.25, 0.3) is 0 Å². The Balaban J connectivity index is 3.36. The number of rotatable bonds is 3. The van der Waals surface area contributed by atoms with Gasteiger partial charge in [-0.1, -0.05) is 0 Å². The van der Waals surface area contributed by atoms with Gasteiger partial charge in [0.2, 0.25) is 0 Å². The lowest BCUT2D eigenvalue weighted by molar-refractivity contribution is 0.0697. The van der Waals surface area contributed by atoms with E-state index in [2.05, 4.69) is 4.99 Å². The molecule has 4 nitrogen and oxygen atoms in total. The summed E-state index contributed by atoms with van der Waals surface area (Å²) in [5.41, 5.74) is 4.52. The Hall–Kier alpha value is -1.69. The zero-order valence-corrected chi connectivity index (χ0v) is 8.63. The van der Waals surface area contributed by atoms with Gasteiger partial charge in [0.05, 0.1) is 17.1 Å². The molecule has 0 radical (unpaired) electrons. The molecule has 0 bridgehead atoms. The van der Waals surface area contributed by atoms with Gasteiger partial charge in [-0.05, 0) is 6.07 Å². The molecule has 0 fully saturated rings. The van der Waals surface area contributed by atoms with Crippen molar-refractivity contribution in [1.29, 1.82) is 0 Å². The number of aliphatic imine (C=N–C) groups is 1. The molecule has 0 heterocycles. The zero-order valence-electron chi connectivity index (χ0n) is 7.88. The van der Waals surface area contributed by atoms with Gasteiger partial charge >= 0.3 is 5.97 Å². The van der Waals surface area contributed by atoms with Crippen LogP contribution in [0.25, 0.3) is 0 Å². The van der Waals surface area contributed by atoms with Crippen LogP contribution in [0.2, 0.25) is 0 Å². The maximum Gasteiger partial charge on any atom is 0.338 e. The Morgan fingerprint density at radius 3 is 2.50 bits per heavy atom. The smallest absolute Gasteiger partial charge is 0.338 e. The number of carboxylic acids is 1. The number of hydrogen-bond acceptors (Lipinski definition) is 2. The number of aromatic carboxylic acids is 1. The molecule has 1 aromatic rings. The van der Waals surface area contributed by atoms with E-state index in [0.717, 1.165) is 0 Å². The van der Waals surface area contributed by atoms with Crippen molar-refractivity contribution in [3.63, 3.8) is 0 Å². The molecule has 0 spiro atoms. The second-order valence-corrected chi connectivity index (χ2v) is 3.09. The highest BCUT2D eigenvalue weighted by Crippen LogP contribution is 2.23. The van der Waals surface area contributed by atoms with Gasteiger partial charge in [0.15, 0.2) is 11.6 Å². The predicted molar refractivity (Wildman–Crippen MR) is 55.3 cm³/mol. The fourth-order valence-electron chi connectivity index (χ4n) is 0.985. The maximum absolute atomic E-state index is 12.9. The number of hydrogen-bond donors (Lipinski definition) is 2. The minimum Gasteiger partial charge on any atom is -0.478 e. The van der Waals surface area contributed by atoms with Crippen LogP contribution in [0.3, 0.4) is 0 Å². The highest BCUT2D eigenvalue weighted by Gasteiger charge is 2.15. The number of amidine groups is 1. The highest BCUT2D eigenvalue weighted by molar-refractivity contribution is 6.28. The number of halogens is 3. The molecular weight excluding hydrogens is 242 g/mol. The number of nitrogens with two attached hydrogens (primary N) is 1. The molecule has 86 valence electrons. The molecule has 0 saturated carbocycles. The van der Waals surface area contributed by atoms with Crippen molar-refractivity contribution < 1.29 is 18.7 Å². The number of carboxylic acid groups (broad SMARTS) is 1. The molecule has 0 atom stereocenters. The third-order valence-electron chi connectivity index (χ3n) is 1.67. The number of benzene rings is 1. The van der Waals surface area contributed by atoms with Crippen LogP contribution in [0.4, 0.5) is 14.5 Å². The molecule has 0 saturated heterocycles. The van der Waals surface area contributed by atoms with Crippen molar-refractivity contribution in [2.24, 2.45) is 10.7 Å². The average molecular weight is 249 g/mol. The monoisotopic (exact) mass is 248 g/mol. The second kappa shape index (κ2) is 4.89. The van der Waals surface area contributed by atoms with Gasteiger partial charge in [-0.3, -0.25) is 0 Å². The van der Waals surface area contributed by atoms with E-state index in [4.69, 9.17) is 22.4 Å². The van der Waals surface area contributed by atoms with E-state index in [-0.39, 0.29) is 17.4 Å². The van der Waals surface area contributed by atoms with Gasteiger partial charge in [0.1, 0.15) is 5.84 Å². The number of carbonyl (C=O) groups is 1. The van der Waals surface area contributed by atoms with E-state index in [0.29, 0.717) is 12.1 Å². The molecule has 0 aliphatic heterocycles. The van der Waals surface area contributed by atoms with Crippen molar-refractivity contribution in [2.75, 3.05) is 5.88 Å². The Kier molecular flexibility index (Phi) is 3.78. The zero-order chi connectivity index (χ0) is 12.3. The number of alkyl halides is 1. The van der Waals surface area contributed by atoms with Gasteiger partial charge in [-0.15, -0.1) is 11.6 Å². The van der Waals surface area contributed by atoms with E-state index in [9.17, 15) is 13.6 Å². The molecule has 1 rings (SSSR count). The standard InChI is InChI=1S/C9H7ClF2N2O2/c10-3-8(13)14-7-2-6(12)5(11)1-4(7)9(15)16/h1-2H,3H2,(H2,13,14)(H,15,16). The van der Waals surface area contributed by atoms with E-state index < -0.39 is 23.2 Å². The third-order valence-corrected chi connectivity index (χ3v) is 1.94. The fraction of sp³-hybridized carbons (Fsp3) is 0.111. The average Bonchev–Trinajstić information content (AvgIpc) is 2.22. The van der Waals surface area contributed by atoms with E-state index in [1.54, 1.807) is 0 Å². The summed E-state index contributed by atoms with van der Waals surface area (Å²) < 4.78 is 25.7. The molecular formula is C9H7ClF2N2O2. The normalized spacial score (nSPS) is 11.6. The lowest BCUT2D eigenvalue weighted by Gasteiger charge is -2.03. The minimum absolute atomic E-state index is 0.0878. The molecule has 16 heavy (non-hydrogen) atoms. The lowest BCUT2D eigenvalue weighted by Crippen LogP contribution is -2.13.